The summed E-state index contributed by atoms with van der Waals surface area (Å²) >= 11 is 0. The molecule has 1 aliphatic heterocycles. The van der Waals surface area contributed by atoms with Crippen molar-refractivity contribution >= 4 is 6.03 Å². The number of carbonyl (C=O) groups excluding carboxylic acids is 1. The lowest BCUT2D eigenvalue weighted by Crippen LogP contribution is -2.43. The summed E-state index contributed by atoms with van der Waals surface area (Å²) in [7, 11) is 0. The number of nitrogens with one attached hydrogen (secondary N) is 2. The fourth-order valence-corrected chi connectivity index (χ4v) is 3.17. The molecule has 0 unspecified atom stereocenters. The average Bonchev–Trinajstić information content (AvgIpc) is 2.95. The summed E-state index contributed by atoms with van der Waals surface area (Å²) in [5, 5.41) is 14.9. The van der Waals surface area contributed by atoms with Crippen LogP contribution in [-0.2, 0) is 0 Å². The van der Waals surface area contributed by atoms with E-state index < -0.39 is 0 Å². The quantitative estimate of drug-likeness (QED) is 0.651. The SMILES string of the molecule is C[C@@H](CCNC(=O)N[C@@H]1C=C[C@H](CO)C1)N1CCCCC1. The van der Waals surface area contributed by atoms with Crippen LogP contribution in [0.4, 0.5) is 4.79 Å². The van der Waals surface area contributed by atoms with Gasteiger partial charge in [0.25, 0.3) is 0 Å². The van der Waals surface area contributed by atoms with E-state index in [1.807, 2.05) is 12.2 Å². The fraction of sp³-hybridized carbons (Fsp3) is 0.812. The third-order valence-corrected chi connectivity index (χ3v) is 4.58. The van der Waals surface area contributed by atoms with Crippen molar-refractivity contribution in [1.82, 2.24) is 15.5 Å². The lowest BCUT2D eigenvalue weighted by Gasteiger charge is -2.32. The number of hydrogen-bond donors (Lipinski definition) is 3. The van der Waals surface area contributed by atoms with Gasteiger partial charge in [0.15, 0.2) is 0 Å². The fourth-order valence-electron chi connectivity index (χ4n) is 3.17. The Hall–Kier alpha value is -1.07. The molecule has 2 aliphatic rings. The summed E-state index contributed by atoms with van der Waals surface area (Å²) in [5.41, 5.74) is 0. The summed E-state index contributed by atoms with van der Waals surface area (Å²) in [6.45, 7) is 5.51. The number of aliphatic hydroxyl groups excluding tert-OH is 1. The molecule has 3 N–H and O–H groups in total. The van der Waals surface area contributed by atoms with Gasteiger partial charge in [-0.3, -0.25) is 0 Å². The van der Waals surface area contributed by atoms with Crippen molar-refractivity contribution in [3.05, 3.63) is 12.2 Å². The van der Waals surface area contributed by atoms with Crippen molar-refractivity contribution < 1.29 is 9.90 Å². The summed E-state index contributed by atoms with van der Waals surface area (Å²) in [4.78, 5) is 14.3. The van der Waals surface area contributed by atoms with E-state index in [4.69, 9.17) is 5.11 Å². The van der Waals surface area contributed by atoms with Gasteiger partial charge in [0.1, 0.15) is 0 Å². The molecule has 1 aliphatic carbocycles. The van der Waals surface area contributed by atoms with Crippen molar-refractivity contribution in [2.24, 2.45) is 5.92 Å². The minimum atomic E-state index is -0.103. The number of carbonyl (C=O) groups is 1. The smallest absolute Gasteiger partial charge is 0.315 e. The highest BCUT2D eigenvalue weighted by Crippen LogP contribution is 2.16. The molecule has 2 amide bonds. The van der Waals surface area contributed by atoms with Crippen LogP contribution in [0.3, 0.4) is 0 Å². The average molecular weight is 295 g/mol. The normalized spacial score (nSPS) is 27.5. The Kier molecular flexibility index (Phi) is 6.51. The van der Waals surface area contributed by atoms with Crippen LogP contribution in [-0.4, -0.2) is 54.4 Å². The number of urea groups is 1. The van der Waals surface area contributed by atoms with Crippen LogP contribution in [0.5, 0.6) is 0 Å². The van der Waals surface area contributed by atoms with Gasteiger partial charge < -0.3 is 20.6 Å². The maximum atomic E-state index is 11.8. The van der Waals surface area contributed by atoms with E-state index in [2.05, 4.69) is 22.5 Å². The van der Waals surface area contributed by atoms with Crippen LogP contribution >= 0.6 is 0 Å². The molecule has 1 fully saturated rings. The van der Waals surface area contributed by atoms with Crippen LogP contribution in [0.1, 0.15) is 39.0 Å². The highest BCUT2D eigenvalue weighted by molar-refractivity contribution is 5.74. The number of amides is 2. The Morgan fingerprint density at radius 3 is 2.76 bits per heavy atom. The zero-order valence-electron chi connectivity index (χ0n) is 13.1. The van der Waals surface area contributed by atoms with E-state index in [0.29, 0.717) is 12.6 Å². The maximum absolute atomic E-state index is 11.8. The molecule has 0 spiro atoms. The van der Waals surface area contributed by atoms with E-state index in [9.17, 15) is 4.79 Å². The summed E-state index contributed by atoms with van der Waals surface area (Å²) in [6, 6.07) is 0.492. The first kappa shape index (κ1) is 16.3. The zero-order chi connectivity index (χ0) is 15.1. The molecule has 0 aromatic carbocycles. The molecule has 1 saturated heterocycles. The van der Waals surface area contributed by atoms with Gasteiger partial charge >= 0.3 is 6.03 Å². The minimum absolute atomic E-state index is 0.0571. The van der Waals surface area contributed by atoms with Crippen molar-refractivity contribution in [2.75, 3.05) is 26.2 Å². The van der Waals surface area contributed by atoms with Gasteiger partial charge in [-0.25, -0.2) is 4.79 Å². The zero-order valence-corrected chi connectivity index (χ0v) is 13.1. The molecule has 0 aromatic heterocycles. The number of piperidine rings is 1. The Labute approximate surface area is 127 Å². The highest BCUT2D eigenvalue weighted by Gasteiger charge is 2.20. The number of aliphatic hydroxyl groups is 1. The van der Waals surface area contributed by atoms with E-state index >= 15 is 0 Å². The topological polar surface area (TPSA) is 64.6 Å². The van der Waals surface area contributed by atoms with Gasteiger partial charge in [0.2, 0.25) is 0 Å². The molecular formula is C16H29N3O2. The molecule has 5 heteroatoms. The first-order valence-corrected chi connectivity index (χ1v) is 8.26. The van der Waals surface area contributed by atoms with E-state index in [-0.39, 0.29) is 24.6 Å². The van der Waals surface area contributed by atoms with Gasteiger partial charge in [0, 0.05) is 31.2 Å². The Morgan fingerprint density at radius 1 is 1.33 bits per heavy atom. The lowest BCUT2D eigenvalue weighted by atomic mass is 10.1. The Bertz CT molecular complexity index is 353. The Morgan fingerprint density at radius 2 is 2.10 bits per heavy atom. The highest BCUT2D eigenvalue weighted by atomic mass is 16.3. The molecule has 0 saturated carbocycles. The second-order valence-electron chi connectivity index (χ2n) is 6.30. The minimum Gasteiger partial charge on any atom is -0.396 e. The molecule has 2 rings (SSSR count). The lowest BCUT2D eigenvalue weighted by molar-refractivity contribution is 0.166. The molecule has 21 heavy (non-hydrogen) atoms. The largest absolute Gasteiger partial charge is 0.396 e. The standard InChI is InChI=1S/C16H29N3O2/c1-13(19-9-3-2-4-10-19)7-8-17-16(21)18-15-6-5-14(11-15)12-20/h5-6,13-15,20H,2-4,7-12H2,1H3,(H2,17,18,21)/t13-,14-,15+/m0/s1. The van der Waals surface area contributed by atoms with Crippen molar-refractivity contribution in [3.8, 4) is 0 Å². The van der Waals surface area contributed by atoms with Gasteiger partial charge in [-0.1, -0.05) is 18.6 Å². The number of nitrogens with zero attached hydrogens (tertiary/aromatic N) is 1. The second kappa shape index (κ2) is 8.39. The predicted molar refractivity (Wildman–Crippen MR) is 84.2 cm³/mol. The molecule has 120 valence electrons. The molecule has 3 atom stereocenters. The second-order valence-corrected chi connectivity index (χ2v) is 6.30. The molecule has 0 radical (unpaired) electrons. The third-order valence-electron chi connectivity index (χ3n) is 4.58. The summed E-state index contributed by atoms with van der Waals surface area (Å²) < 4.78 is 0. The molecular weight excluding hydrogens is 266 g/mol. The third kappa shape index (κ3) is 5.32. The van der Waals surface area contributed by atoms with Crippen molar-refractivity contribution in [3.63, 3.8) is 0 Å². The van der Waals surface area contributed by atoms with Crippen molar-refractivity contribution in [1.29, 1.82) is 0 Å². The van der Waals surface area contributed by atoms with Crippen LogP contribution in [0.2, 0.25) is 0 Å². The van der Waals surface area contributed by atoms with Crippen LogP contribution in [0.15, 0.2) is 12.2 Å². The van der Waals surface area contributed by atoms with Crippen LogP contribution in [0, 0.1) is 5.92 Å². The summed E-state index contributed by atoms with van der Waals surface area (Å²) in [5.74, 6) is 0.189. The monoisotopic (exact) mass is 295 g/mol. The number of hydrogen-bond acceptors (Lipinski definition) is 3. The molecule has 1 heterocycles. The van der Waals surface area contributed by atoms with Gasteiger partial charge in [-0.15, -0.1) is 0 Å². The number of rotatable bonds is 6. The van der Waals surface area contributed by atoms with Crippen molar-refractivity contribution in [2.45, 2.75) is 51.1 Å². The van der Waals surface area contributed by atoms with Gasteiger partial charge in [0.05, 0.1) is 0 Å². The van der Waals surface area contributed by atoms with Crippen LogP contribution < -0.4 is 10.6 Å². The molecule has 0 aromatic rings. The Balaban J connectivity index is 1.57. The van der Waals surface area contributed by atoms with Crippen LogP contribution in [0.25, 0.3) is 0 Å². The molecule has 0 bridgehead atoms. The van der Waals surface area contributed by atoms with E-state index in [1.54, 1.807) is 0 Å². The first-order chi connectivity index (χ1) is 10.2. The van der Waals surface area contributed by atoms with Gasteiger partial charge in [-0.05, 0) is 45.7 Å². The predicted octanol–water partition coefficient (Wildman–Crippen LogP) is 1.49. The first-order valence-electron chi connectivity index (χ1n) is 8.26. The molecule has 5 nitrogen and oxygen atoms in total. The van der Waals surface area contributed by atoms with E-state index in [1.165, 1.54) is 32.4 Å². The van der Waals surface area contributed by atoms with Gasteiger partial charge in [-0.2, -0.15) is 0 Å². The van der Waals surface area contributed by atoms with E-state index in [0.717, 1.165) is 12.8 Å². The summed E-state index contributed by atoms with van der Waals surface area (Å²) in [6.07, 6.45) is 9.70. The number of likely N-dealkylation sites (tertiary alicyclic amines) is 1. The maximum Gasteiger partial charge on any atom is 0.315 e.